The van der Waals surface area contributed by atoms with Crippen LogP contribution in [0.1, 0.15) is 45.2 Å². The Kier molecular flexibility index (Phi) is 15.4. The van der Waals surface area contributed by atoms with E-state index in [9.17, 15) is 16.8 Å². The number of ether oxygens (including phenoxy) is 3. The molecule has 2 aliphatic rings. The molecule has 0 saturated carbocycles. The van der Waals surface area contributed by atoms with Gasteiger partial charge in [0.2, 0.25) is 20.0 Å². The maximum atomic E-state index is 12.9. The SMILES string of the molecule is CN1Cc2c(Cl)cc(Cl)cc2C(c2ccc(S(=O)(=O)NCCOCCOCCOCCNS(=O)(=O)c3ccc(C4CN(C)Cc5c(Cl)cc(Cl)cc54)cc3)cc2)C1. The molecular weight excluding hydrogens is 854 g/mol. The van der Waals surface area contributed by atoms with Crippen LogP contribution in [-0.4, -0.2) is 107 Å². The Balaban J connectivity index is 0.834. The third-order valence-corrected chi connectivity index (χ3v) is 14.1. The highest BCUT2D eigenvalue weighted by atomic mass is 35.5. The minimum absolute atomic E-state index is 0.00917. The Hall–Kier alpha value is -2.34. The number of sulfonamides is 2. The Labute approximate surface area is 355 Å². The van der Waals surface area contributed by atoms with E-state index in [1.807, 2.05) is 50.5 Å². The molecule has 308 valence electrons. The predicted octanol–water partition coefficient (Wildman–Crippen LogP) is 6.76. The van der Waals surface area contributed by atoms with E-state index in [4.69, 9.17) is 60.6 Å². The van der Waals surface area contributed by atoms with Crippen molar-refractivity contribution in [3.8, 4) is 0 Å². The number of nitrogens with one attached hydrogen (secondary N) is 2. The molecule has 0 saturated heterocycles. The van der Waals surface area contributed by atoms with Gasteiger partial charge < -0.3 is 24.0 Å². The van der Waals surface area contributed by atoms with Crippen LogP contribution < -0.4 is 9.44 Å². The van der Waals surface area contributed by atoms with E-state index >= 15 is 0 Å². The average molecular weight is 901 g/mol. The van der Waals surface area contributed by atoms with E-state index in [0.717, 1.165) is 59.6 Å². The quantitative estimate of drug-likeness (QED) is 0.104. The molecule has 4 aromatic rings. The third-order valence-electron chi connectivity index (χ3n) is 9.99. The zero-order chi connectivity index (χ0) is 40.7. The molecule has 4 aromatic carbocycles. The van der Waals surface area contributed by atoms with Gasteiger partial charge in [-0.05, 0) is 96.0 Å². The number of likely N-dealkylation sites (N-methyl/N-ethyl adjacent to an activating group) is 2. The monoisotopic (exact) mass is 898 g/mol. The van der Waals surface area contributed by atoms with Gasteiger partial charge in [0.1, 0.15) is 0 Å². The lowest BCUT2D eigenvalue weighted by Gasteiger charge is -2.33. The Morgan fingerprint density at radius 1 is 0.561 bits per heavy atom. The van der Waals surface area contributed by atoms with E-state index in [0.29, 0.717) is 33.3 Å². The number of rotatable bonds is 18. The number of benzene rings is 4. The zero-order valence-electron chi connectivity index (χ0n) is 31.6. The van der Waals surface area contributed by atoms with Crippen LogP contribution in [0.5, 0.6) is 0 Å². The molecule has 2 unspecified atom stereocenters. The van der Waals surface area contributed by atoms with Crippen LogP contribution in [0.3, 0.4) is 0 Å². The molecule has 57 heavy (non-hydrogen) atoms. The van der Waals surface area contributed by atoms with Crippen LogP contribution in [0, 0.1) is 0 Å². The van der Waals surface area contributed by atoms with Crippen LogP contribution in [-0.2, 0) is 47.3 Å². The lowest BCUT2D eigenvalue weighted by Crippen LogP contribution is -2.31. The molecule has 17 heteroatoms. The Morgan fingerprint density at radius 3 is 1.28 bits per heavy atom. The fourth-order valence-electron chi connectivity index (χ4n) is 7.22. The maximum Gasteiger partial charge on any atom is 0.240 e. The van der Waals surface area contributed by atoms with Crippen molar-refractivity contribution in [3.05, 3.63) is 126 Å². The van der Waals surface area contributed by atoms with Crippen molar-refractivity contribution >= 4 is 66.5 Å². The van der Waals surface area contributed by atoms with Gasteiger partial charge in [0.15, 0.2) is 0 Å². The van der Waals surface area contributed by atoms with Gasteiger partial charge >= 0.3 is 0 Å². The second-order valence-electron chi connectivity index (χ2n) is 14.2. The van der Waals surface area contributed by atoms with Crippen molar-refractivity contribution in [2.24, 2.45) is 0 Å². The summed E-state index contributed by atoms with van der Waals surface area (Å²) in [5.74, 6) is 0.0183. The summed E-state index contributed by atoms with van der Waals surface area (Å²) in [6, 6.07) is 21.1. The van der Waals surface area contributed by atoms with Crippen molar-refractivity contribution < 1.29 is 31.0 Å². The smallest absolute Gasteiger partial charge is 0.240 e. The summed E-state index contributed by atoms with van der Waals surface area (Å²) < 4.78 is 73.3. The highest BCUT2D eigenvalue weighted by Crippen LogP contribution is 2.40. The molecular formula is C40H46Cl4N4O7S2. The fourth-order valence-corrected chi connectivity index (χ4v) is 10.4. The topological polar surface area (TPSA) is 127 Å². The number of hydrogen-bond donors (Lipinski definition) is 2. The van der Waals surface area contributed by atoms with Crippen LogP contribution in [0.15, 0.2) is 82.6 Å². The normalized spacial score (nSPS) is 17.7. The van der Waals surface area contributed by atoms with Gasteiger partial charge in [-0.2, -0.15) is 0 Å². The molecule has 0 amide bonds. The minimum Gasteiger partial charge on any atom is -0.378 e. The van der Waals surface area contributed by atoms with Gasteiger partial charge in [-0.15, -0.1) is 0 Å². The molecule has 2 N–H and O–H groups in total. The first kappa shape index (κ1) is 44.2. The Bertz CT molecular complexity index is 2070. The highest BCUT2D eigenvalue weighted by Gasteiger charge is 2.29. The van der Waals surface area contributed by atoms with E-state index in [1.54, 1.807) is 36.4 Å². The molecule has 0 aromatic heterocycles. The average Bonchev–Trinajstić information content (AvgIpc) is 3.17. The van der Waals surface area contributed by atoms with E-state index in [2.05, 4.69) is 19.2 Å². The molecule has 2 atom stereocenters. The first-order chi connectivity index (χ1) is 27.2. The first-order valence-electron chi connectivity index (χ1n) is 18.5. The van der Waals surface area contributed by atoms with Gasteiger partial charge in [0.25, 0.3) is 0 Å². The summed E-state index contributed by atoms with van der Waals surface area (Å²) >= 11 is 25.6. The van der Waals surface area contributed by atoms with Crippen molar-refractivity contribution in [3.63, 3.8) is 0 Å². The summed E-state index contributed by atoms with van der Waals surface area (Å²) in [4.78, 5) is 4.69. The van der Waals surface area contributed by atoms with E-state index in [1.165, 1.54) is 0 Å². The van der Waals surface area contributed by atoms with Crippen molar-refractivity contribution in [2.45, 2.75) is 34.7 Å². The maximum absolute atomic E-state index is 12.9. The second-order valence-corrected chi connectivity index (χ2v) is 19.4. The van der Waals surface area contributed by atoms with Gasteiger partial charge in [-0.25, -0.2) is 26.3 Å². The van der Waals surface area contributed by atoms with Crippen molar-refractivity contribution in [2.75, 3.05) is 79.9 Å². The molecule has 2 aliphatic heterocycles. The number of hydrogen-bond acceptors (Lipinski definition) is 9. The number of fused-ring (bicyclic) bond motifs is 2. The lowest BCUT2D eigenvalue weighted by atomic mass is 9.85. The van der Waals surface area contributed by atoms with E-state index in [-0.39, 0.29) is 61.1 Å². The lowest BCUT2D eigenvalue weighted by molar-refractivity contribution is 0.0167. The minimum atomic E-state index is -3.73. The van der Waals surface area contributed by atoms with E-state index < -0.39 is 20.0 Å². The molecule has 0 bridgehead atoms. The van der Waals surface area contributed by atoms with Gasteiger partial charge in [0, 0.05) is 71.2 Å². The van der Waals surface area contributed by atoms with Crippen molar-refractivity contribution in [1.29, 1.82) is 0 Å². The summed E-state index contributed by atoms with van der Waals surface area (Å²) in [6.45, 7) is 4.61. The zero-order valence-corrected chi connectivity index (χ0v) is 36.3. The molecule has 2 heterocycles. The van der Waals surface area contributed by atoms with Crippen LogP contribution in [0.2, 0.25) is 20.1 Å². The molecule has 0 fully saturated rings. The molecule has 6 rings (SSSR count). The number of nitrogens with zero attached hydrogens (tertiary/aromatic N) is 2. The summed E-state index contributed by atoms with van der Waals surface area (Å²) in [7, 11) is -3.41. The summed E-state index contributed by atoms with van der Waals surface area (Å²) in [6.07, 6.45) is 0. The van der Waals surface area contributed by atoms with Gasteiger partial charge in [0.05, 0.1) is 49.4 Å². The Morgan fingerprint density at radius 2 is 0.912 bits per heavy atom. The van der Waals surface area contributed by atoms with Crippen LogP contribution in [0.25, 0.3) is 0 Å². The summed E-state index contributed by atoms with van der Waals surface area (Å²) in [5.41, 5.74) is 6.13. The first-order valence-corrected chi connectivity index (χ1v) is 22.9. The predicted molar refractivity (Wildman–Crippen MR) is 225 cm³/mol. The highest BCUT2D eigenvalue weighted by molar-refractivity contribution is 7.89. The molecule has 11 nitrogen and oxygen atoms in total. The standard InChI is InChI=1S/C40H46Cl4N4O7S2/c1-47-23-35(33-19-29(41)21-39(43)37(33)25-47)27-3-7-31(8-4-27)56(49,50)45-11-13-53-15-17-55-18-16-54-14-12-46-57(51,52)32-9-5-28(6-10-32)36-24-48(2)26-38-34(36)20-30(42)22-40(38)44/h3-10,19-22,35-36,45-46H,11-18,23-26H2,1-2H3. The molecule has 0 radical (unpaired) electrons. The third kappa shape index (κ3) is 11.5. The van der Waals surface area contributed by atoms with Crippen LogP contribution in [0.4, 0.5) is 0 Å². The van der Waals surface area contributed by atoms with Crippen LogP contribution >= 0.6 is 46.4 Å². The van der Waals surface area contributed by atoms with Gasteiger partial charge in [-0.1, -0.05) is 70.7 Å². The fraction of sp³-hybridized carbons (Fsp3) is 0.400. The van der Waals surface area contributed by atoms with Crippen molar-refractivity contribution in [1.82, 2.24) is 19.2 Å². The van der Waals surface area contributed by atoms with Gasteiger partial charge in [-0.3, -0.25) is 0 Å². The molecule has 0 aliphatic carbocycles. The largest absolute Gasteiger partial charge is 0.378 e. The second kappa shape index (κ2) is 19.8. The molecule has 0 spiro atoms. The number of halogens is 4. The summed E-state index contributed by atoms with van der Waals surface area (Å²) in [5, 5.41) is 2.40.